The topological polar surface area (TPSA) is 41.1 Å². The van der Waals surface area contributed by atoms with E-state index >= 15 is 0 Å². The number of hydrogen-bond donors (Lipinski definition) is 2. The van der Waals surface area contributed by atoms with Gasteiger partial charge in [0, 0.05) is 23.5 Å². The van der Waals surface area contributed by atoms with E-state index in [0.717, 1.165) is 30.8 Å². The third kappa shape index (κ3) is 3.47. The Balaban J connectivity index is 1.79. The number of carbonyl (C=O) groups is 1. The number of amides is 1. The van der Waals surface area contributed by atoms with Gasteiger partial charge in [-0.15, -0.1) is 11.3 Å². The molecule has 86 valence electrons. The van der Waals surface area contributed by atoms with Crippen LogP contribution in [-0.4, -0.2) is 25.0 Å². The molecule has 0 aliphatic carbocycles. The zero-order valence-corrected chi connectivity index (χ0v) is 9.93. The van der Waals surface area contributed by atoms with Crippen LogP contribution in [0.15, 0.2) is 23.6 Å². The Morgan fingerprint density at radius 3 is 3.25 bits per heavy atom. The van der Waals surface area contributed by atoms with E-state index in [1.807, 2.05) is 23.6 Å². The summed E-state index contributed by atoms with van der Waals surface area (Å²) in [5.74, 6) is 0.00194. The highest BCUT2D eigenvalue weighted by molar-refractivity contribution is 7.10. The van der Waals surface area contributed by atoms with Crippen LogP contribution in [0.4, 0.5) is 0 Å². The Kier molecular flexibility index (Phi) is 4.13. The van der Waals surface area contributed by atoms with Gasteiger partial charge >= 0.3 is 0 Å². The number of rotatable bonds is 3. The Morgan fingerprint density at radius 1 is 1.62 bits per heavy atom. The molecule has 2 heterocycles. The van der Waals surface area contributed by atoms with Gasteiger partial charge in [-0.25, -0.2) is 0 Å². The minimum atomic E-state index is 0.00194. The number of piperidine rings is 1. The van der Waals surface area contributed by atoms with Crippen molar-refractivity contribution in [3.8, 4) is 0 Å². The van der Waals surface area contributed by atoms with Crippen molar-refractivity contribution in [2.45, 2.75) is 18.9 Å². The van der Waals surface area contributed by atoms with E-state index in [0.29, 0.717) is 0 Å². The maximum absolute atomic E-state index is 11.6. The van der Waals surface area contributed by atoms with Crippen LogP contribution in [-0.2, 0) is 4.79 Å². The maximum Gasteiger partial charge on any atom is 0.244 e. The monoisotopic (exact) mass is 236 g/mol. The molecule has 0 saturated carbocycles. The fourth-order valence-electron chi connectivity index (χ4n) is 1.77. The van der Waals surface area contributed by atoms with E-state index in [9.17, 15) is 4.79 Å². The van der Waals surface area contributed by atoms with Crippen molar-refractivity contribution in [2.24, 2.45) is 0 Å². The van der Waals surface area contributed by atoms with Crippen LogP contribution < -0.4 is 10.6 Å². The fraction of sp³-hybridized carbons (Fsp3) is 0.417. The van der Waals surface area contributed by atoms with Crippen molar-refractivity contribution in [3.05, 3.63) is 28.5 Å². The van der Waals surface area contributed by atoms with Gasteiger partial charge in [-0.05, 0) is 36.9 Å². The molecule has 1 aromatic rings. The summed E-state index contributed by atoms with van der Waals surface area (Å²) in [5, 5.41) is 8.27. The first-order chi connectivity index (χ1) is 7.84. The number of carbonyl (C=O) groups excluding carboxylic acids is 1. The zero-order chi connectivity index (χ0) is 11.2. The fourth-order valence-corrected chi connectivity index (χ4v) is 2.39. The highest BCUT2D eigenvalue weighted by Gasteiger charge is 2.13. The Labute approximate surface area is 99.6 Å². The summed E-state index contributed by atoms with van der Waals surface area (Å²) in [6.45, 7) is 1.95. The summed E-state index contributed by atoms with van der Waals surface area (Å²) >= 11 is 1.63. The molecule has 0 bridgehead atoms. The van der Waals surface area contributed by atoms with Gasteiger partial charge < -0.3 is 10.6 Å². The van der Waals surface area contributed by atoms with Gasteiger partial charge in [-0.1, -0.05) is 6.07 Å². The van der Waals surface area contributed by atoms with Gasteiger partial charge in [0.05, 0.1) is 0 Å². The molecule has 16 heavy (non-hydrogen) atoms. The van der Waals surface area contributed by atoms with E-state index in [4.69, 9.17) is 0 Å². The predicted molar refractivity (Wildman–Crippen MR) is 67.4 cm³/mol. The molecule has 1 aliphatic rings. The first-order valence-electron chi connectivity index (χ1n) is 5.57. The molecular formula is C12H16N2OS. The van der Waals surface area contributed by atoms with Crippen LogP contribution in [0.5, 0.6) is 0 Å². The minimum absolute atomic E-state index is 0.00194. The highest BCUT2D eigenvalue weighted by Crippen LogP contribution is 2.10. The minimum Gasteiger partial charge on any atom is -0.349 e. The second kappa shape index (κ2) is 5.82. The molecule has 0 unspecified atom stereocenters. The number of hydrogen-bond acceptors (Lipinski definition) is 3. The first-order valence-corrected chi connectivity index (χ1v) is 6.45. The lowest BCUT2D eigenvalue weighted by molar-refractivity contribution is -0.117. The van der Waals surface area contributed by atoms with Gasteiger partial charge in [0.2, 0.25) is 5.91 Å². The van der Waals surface area contributed by atoms with Crippen LogP contribution in [0.3, 0.4) is 0 Å². The molecule has 1 aromatic heterocycles. The lowest BCUT2D eigenvalue weighted by Gasteiger charge is -2.23. The summed E-state index contributed by atoms with van der Waals surface area (Å²) in [5.41, 5.74) is 0. The average molecular weight is 236 g/mol. The first kappa shape index (κ1) is 11.4. The number of nitrogens with one attached hydrogen (secondary N) is 2. The predicted octanol–water partition coefficient (Wildman–Crippen LogP) is 1.63. The van der Waals surface area contributed by atoms with Crippen LogP contribution in [0.25, 0.3) is 6.08 Å². The molecule has 2 rings (SSSR count). The van der Waals surface area contributed by atoms with Crippen LogP contribution in [0.1, 0.15) is 17.7 Å². The normalized spacial score (nSPS) is 21.1. The molecule has 0 radical (unpaired) electrons. The van der Waals surface area contributed by atoms with E-state index in [1.165, 1.54) is 0 Å². The SMILES string of the molecule is O=C(/C=C/c1cccs1)N[C@H]1CCCNC1. The van der Waals surface area contributed by atoms with Gasteiger partial charge in [0.1, 0.15) is 0 Å². The summed E-state index contributed by atoms with van der Waals surface area (Å²) in [6.07, 6.45) is 5.68. The number of thiophene rings is 1. The molecule has 1 fully saturated rings. The van der Waals surface area contributed by atoms with E-state index in [-0.39, 0.29) is 11.9 Å². The third-order valence-corrected chi connectivity index (χ3v) is 3.42. The van der Waals surface area contributed by atoms with Gasteiger partial charge in [0.25, 0.3) is 0 Å². The zero-order valence-electron chi connectivity index (χ0n) is 9.11. The molecule has 0 spiro atoms. The molecule has 1 amide bonds. The quantitative estimate of drug-likeness (QED) is 0.783. The summed E-state index contributed by atoms with van der Waals surface area (Å²) in [6, 6.07) is 4.26. The Bertz CT molecular complexity index is 353. The molecule has 3 nitrogen and oxygen atoms in total. The van der Waals surface area contributed by atoms with E-state index in [1.54, 1.807) is 17.4 Å². The van der Waals surface area contributed by atoms with Crippen molar-refractivity contribution in [1.29, 1.82) is 0 Å². The lowest BCUT2D eigenvalue weighted by atomic mass is 10.1. The molecule has 2 N–H and O–H groups in total. The Morgan fingerprint density at radius 2 is 2.56 bits per heavy atom. The van der Waals surface area contributed by atoms with Gasteiger partial charge in [0.15, 0.2) is 0 Å². The van der Waals surface area contributed by atoms with Crippen molar-refractivity contribution < 1.29 is 4.79 Å². The summed E-state index contributed by atoms with van der Waals surface area (Å²) < 4.78 is 0. The van der Waals surface area contributed by atoms with Gasteiger partial charge in [-0.2, -0.15) is 0 Å². The smallest absolute Gasteiger partial charge is 0.244 e. The molecule has 0 aromatic carbocycles. The van der Waals surface area contributed by atoms with Crippen molar-refractivity contribution >= 4 is 23.3 Å². The third-order valence-electron chi connectivity index (χ3n) is 2.59. The summed E-state index contributed by atoms with van der Waals surface area (Å²) in [7, 11) is 0. The van der Waals surface area contributed by atoms with Crippen molar-refractivity contribution in [2.75, 3.05) is 13.1 Å². The standard InChI is InChI=1S/C12H16N2OS/c15-12(6-5-11-4-2-8-16-11)14-10-3-1-7-13-9-10/h2,4-6,8,10,13H,1,3,7,9H2,(H,14,15)/b6-5+/t10-/m0/s1. The van der Waals surface area contributed by atoms with Crippen LogP contribution >= 0.6 is 11.3 Å². The Hall–Kier alpha value is -1.13. The van der Waals surface area contributed by atoms with Crippen molar-refractivity contribution in [1.82, 2.24) is 10.6 Å². The lowest BCUT2D eigenvalue weighted by Crippen LogP contribution is -2.45. The largest absolute Gasteiger partial charge is 0.349 e. The molecule has 1 atom stereocenters. The molecule has 1 saturated heterocycles. The molecule has 4 heteroatoms. The molecule has 1 aliphatic heterocycles. The van der Waals surface area contributed by atoms with Crippen molar-refractivity contribution in [3.63, 3.8) is 0 Å². The summed E-state index contributed by atoms with van der Waals surface area (Å²) in [4.78, 5) is 12.7. The second-order valence-corrected chi connectivity index (χ2v) is 4.88. The van der Waals surface area contributed by atoms with E-state index < -0.39 is 0 Å². The highest BCUT2D eigenvalue weighted by atomic mass is 32.1. The van der Waals surface area contributed by atoms with Crippen LogP contribution in [0, 0.1) is 0 Å². The average Bonchev–Trinajstić information content (AvgIpc) is 2.81. The van der Waals surface area contributed by atoms with Crippen LogP contribution in [0.2, 0.25) is 0 Å². The molecular weight excluding hydrogens is 220 g/mol. The van der Waals surface area contributed by atoms with E-state index in [2.05, 4.69) is 10.6 Å². The second-order valence-electron chi connectivity index (χ2n) is 3.90. The maximum atomic E-state index is 11.6. The van der Waals surface area contributed by atoms with Gasteiger partial charge in [-0.3, -0.25) is 4.79 Å².